The zero-order valence-corrected chi connectivity index (χ0v) is 9.63. The fourth-order valence-corrected chi connectivity index (χ4v) is 2.36. The Balaban J connectivity index is 2.60. The Morgan fingerprint density at radius 1 is 1.50 bits per heavy atom. The predicted molar refractivity (Wildman–Crippen MR) is 61.3 cm³/mol. The van der Waals surface area contributed by atoms with Gasteiger partial charge in [0.1, 0.15) is 0 Å². The summed E-state index contributed by atoms with van der Waals surface area (Å²) < 4.78 is 0. The molecule has 3 heteroatoms. The largest absolute Gasteiger partial charge is 0.388 e. The van der Waals surface area contributed by atoms with Crippen LogP contribution in [0, 0.1) is 11.8 Å². The molecule has 1 aromatic rings. The minimum atomic E-state index is -0.395. The number of rotatable bonds is 5. The van der Waals surface area contributed by atoms with Gasteiger partial charge in [0, 0.05) is 5.92 Å². The van der Waals surface area contributed by atoms with Crippen LogP contribution in [0.1, 0.15) is 31.9 Å². The Hall–Kier alpha value is -0.380. The second-order valence-corrected chi connectivity index (χ2v) is 4.91. The summed E-state index contributed by atoms with van der Waals surface area (Å²) in [5.74, 6) is 0.765. The van der Waals surface area contributed by atoms with Gasteiger partial charge in [-0.2, -0.15) is 11.3 Å². The Labute approximate surface area is 89.8 Å². The summed E-state index contributed by atoms with van der Waals surface area (Å²) in [6.07, 6.45) is 0.585. The number of hydrogen-bond donors (Lipinski definition) is 2. The summed E-state index contributed by atoms with van der Waals surface area (Å²) in [6, 6.07) is 1.97. The molecule has 2 unspecified atom stereocenters. The smallest absolute Gasteiger partial charge is 0.0838 e. The highest BCUT2D eigenvalue weighted by Gasteiger charge is 2.20. The van der Waals surface area contributed by atoms with Crippen LogP contribution in [0.4, 0.5) is 0 Å². The molecule has 0 aromatic carbocycles. The molecule has 1 heterocycles. The van der Waals surface area contributed by atoms with E-state index in [0.717, 1.165) is 12.0 Å². The van der Waals surface area contributed by atoms with Crippen LogP contribution in [-0.2, 0) is 0 Å². The van der Waals surface area contributed by atoms with Crippen molar-refractivity contribution < 1.29 is 5.11 Å². The van der Waals surface area contributed by atoms with E-state index in [-0.39, 0.29) is 5.92 Å². The molecule has 0 aliphatic heterocycles. The van der Waals surface area contributed by atoms with Crippen LogP contribution in [0.15, 0.2) is 16.8 Å². The molecular formula is C11H19NOS. The standard InChI is InChI=1S/C11H19NOS/c1-8(2)5-10(6-12)11(13)9-3-4-14-7-9/h3-4,7-8,10-11,13H,5-6,12H2,1-2H3. The Kier molecular flexibility index (Phi) is 4.58. The van der Waals surface area contributed by atoms with E-state index in [1.54, 1.807) is 11.3 Å². The third-order valence-corrected chi connectivity index (χ3v) is 3.11. The van der Waals surface area contributed by atoms with E-state index in [9.17, 15) is 5.11 Å². The molecule has 2 atom stereocenters. The molecule has 1 aromatic heterocycles. The SMILES string of the molecule is CC(C)CC(CN)C(O)c1ccsc1. The molecule has 14 heavy (non-hydrogen) atoms. The van der Waals surface area contributed by atoms with Crippen molar-refractivity contribution in [2.24, 2.45) is 17.6 Å². The van der Waals surface area contributed by atoms with Crippen LogP contribution >= 0.6 is 11.3 Å². The van der Waals surface area contributed by atoms with Crippen LogP contribution in [0.5, 0.6) is 0 Å². The summed E-state index contributed by atoms with van der Waals surface area (Å²) in [6.45, 7) is 4.86. The van der Waals surface area contributed by atoms with Crippen molar-refractivity contribution in [3.63, 3.8) is 0 Å². The molecule has 3 N–H and O–H groups in total. The molecule has 80 valence electrons. The van der Waals surface area contributed by atoms with Crippen LogP contribution in [0.2, 0.25) is 0 Å². The topological polar surface area (TPSA) is 46.2 Å². The van der Waals surface area contributed by atoms with E-state index in [1.807, 2.05) is 16.8 Å². The van der Waals surface area contributed by atoms with Crippen LogP contribution in [-0.4, -0.2) is 11.7 Å². The monoisotopic (exact) mass is 213 g/mol. The van der Waals surface area contributed by atoms with Gasteiger partial charge in [0.2, 0.25) is 0 Å². The van der Waals surface area contributed by atoms with Crippen molar-refractivity contribution >= 4 is 11.3 Å². The summed E-state index contributed by atoms with van der Waals surface area (Å²) >= 11 is 1.61. The first-order chi connectivity index (χ1) is 6.65. The predicted octanol–water partition coefficient (Wildman–Crippen LogP) is 2.40. The third-order valence-electron chi connectivity index (χ3n) is 2.41. The van der Waals surface area contributed by atoms with Gasteiger partial charge in [0.15, 0.2) is 0 Å². The minimum Gasteiger partial charge on any atom is -0.388 e. The Bertz CT molecular complexity index is 246. The van der Waals surface area contributed by atoms with Crippen LogP contribution in [0.25, 0.3) is 0 Å². The van der Waals surface area contributed by atoms with Gasteiger partial charge in [-0.1, -0.05) is 13.8 Å². The number of nitrogens with two attached hydrogens (primary N) is 1. The molecule has 0 saturated carbocycles. The quantitative estimate of drug-likeness (QED) is 0.789. The van der Waals surface area contributed by atoms with Gasteiger partial charge in [-0.25, -0.2) is 0 Å². The normalized spacial score (nSPS) is 15.8. The maximum Gasteiger partial charge on any atom is 0.0838 e. The third kappa shape index (κ3) is 3.08. The zero-order valence-electron chi connectivity index (χ0n) is 8.81. The van der Waals surface area contributed by atoms with Gasteiger partial charge in [0.05, 0.1) is 6.10 Å². The average molecular weight is 213 g/mol. The lowest BCUT2D eigenvalue weighted by Gasteiger charge is -2.22. The Morgan fingerprint density at radius 2 is 2.21 bits per heavy atom. The minimum absolute atomic E-state index is 0.185. The summed E-state index contributed by atoms with van der Waals surface area (Å²) in [5, 5.41) is 14.0. The van der Waals surface area contributed by atoms with E-state index in [1.165, 1.54) is 0 Å². The molecule has 0 aliphatic rings. The van der Waals surface area contributed by atoms with Crippen molar-refractivity contribution in [2.75, 3.05) is 6.54 Å². The highest BCUT2D eigenvalue weighted by Crippen LogP contribution is 2.27. The molecular weight excluding hydrogens is 194 g/mol. The molecule has 0 radical (unpaired) electrons. The van der Waals surface area contributed by atoms with E-state index in [4.69, 9.17) is 5.73 Å². The zero-order chi connectivity index (χ0) is 10.6. The first-order valence-corrected chi connectivity index (χ1v) is 5.99. The summed E-state index contributed by atoms with van der Waals surface area (Å²) in [5.41, 5.74) is 6.68. The van der Waals surface area contributed by atoms with E-state index >= 15 is 0 Å². The molecule has 1 rings (SSSR count). The van der Waals surface area contributed by atoms with E-state index in [2.05, 4.69) is 13.8 Å². The molecule has 0 aliphatic carbocycles. The van der Waals surface area contributed by atoms with Gasteiger partial charge in [-0.3, -0.25) is 0 Å². The molecule has 0 saturated heterocycles. The maximum atomic E-state index is 10.0. The fourth-order valence-electron chi connectivity index (χ4n) is 1.67. The van der Waals surface area contributed by atoms with Crippen molar-refractivity contribution in [1.82, 2.24) is 0 Å². The van der Waals surface area contributed by atoms with Gasteiger partial charge >= 0.3 is 0 Å². The van der Waals surface area contributed by atoms with Gasteiger partial charge in [0.25, 0.3) is 0 Å². The van der Waals surface area contributed by atoms with Crippen molar-refractivity contribution in [1.29, 1.82) is 0 Å². The molecule has 0 bridgehead atoms. The molecule has 0 fully saturated rings. The lowest BCUT2D eigenvalue weighted by molar-refractivity contribution is 0.0999. The van der Waals surface area contributed by atoms with Gasteiger partial charge in [-0.05, 0) is 41.3 Å². The Morgan fingerprint density at radius 3 is 2.64 bits per heavy atom. The number of aliphatic hydroxyl groups excluding tert-OH is 1. The fraction of sp³-hybridized carbons (Fsp3) is 0.636. The van der Waals surface area contributed by atoms with Gasteiger partial charge in [-0.15, -0.1) is 0 Å². The average Bonchev–Trinajstić information content (AvgIpc) is 2.65. The first kappa shape index (κ1) is 11.7. The summed E-state index contributed by atoms with van der Waals surface area (Å²) in [7, 11) is 0. The first-order valence-electron chi connectivity index (χ1n) is 5.05. The number of thiophene rings is 1. The second kappa shape index (κ2) is 5.49. The van der Waals surface area contributed by atoms with Crippen molar-refractivity contribution in [3.8, 4) is 0 Å². The lowest BCUT2D eigenvalue weighted by atomic mass is 9.89. The molecule has 0 spiro atoms. The highest BCUT2D eigenvalue weighted by molar-refractivity contribution is 7.07. The van der Waals surface area contributed by atoms with Crippen LogP contribution in [0.3, 0.4) is 0 Å². The van der Waals surface area contributed by atoms with E-state index in [0.29, 0.717) is 12.5 Å². The summed E-state index contributed by atoms with van der Waals surface area (Å²) in [4.78, 5) is 0. The van der Waals surface area contributed by atoms with Crippen molar-refractivity contribution in [2.45, 2.75) is 26.4 Å². The van der Waals surface area contributed by atoms with Crippen LogP contribution < -0.4 is 5.73 Å². The highest BCUT2D eigenvalue weighted by atomic mass is 32.1. The lowest BCUT2D eigenvalue weighted by Crippen LogP contribution is -2.23. The van der Waals surface area contributed by atoms with Crippen molar-refractivity contribution in [3.05, 3.63) is 22.4 Å². The van der Waals surface area contributed by atoms with E-state index < -0.39 is 6.10 Å². The maximum absolute atomic E-state index is 10.0. The van der Waals surface area contributed by atoms with Gasteiger partial charge < -0.3 is 10.8 Å². The number of aliphatic hydroxyl groups is 1. The molecule has 0 amide bonds. The number of hydrogen-bond acceptors (Lipinski definition) is 3. The second-order valence-electron chi connectivity index (χ2n) is 4.13. The molecule has 2 nitrogen and oxygen atoms in total.